The van der Waals surface area contributed by atoms with Crippen molar-refractivity contribution < 1.29 is 19.8 Å². The van der Waals surface area contributed by atoms with Crippen molar-refractivity contribution in [2.75, 3.05) is 19.8 Å². The van der Waals surface area contributed by atoms with Gasteiger partial charge in [0.25, 0.3) is 0 Å². The SMILES string of the molecule is CCN(OCC(O)CO)C(N)=O. The van der Waals surface area contributed by atoms with E-state index < -0.39 is 18.7 Å². The monoisotopic (exact) mass is 178 g/mol. The van der Waals surface area contributed by atoms with Crippen LogP contribution in [-0.2, 0) is 4.84 Å². The van der Waals surface area contributed by atoms with Crippen LogP contribution in [0.15, 0.2) is 0 Å². The lowest BCUT2D eigenvalue weighted by Crippen LogP contribution is -2.38. The molecule has 6 heteroatoms. The van der Waals surface area contributed by atoms with E-state index in [4.69, 9.17) is 20.8 Å². The van der Waals surface area contributed by atoms with Gasteiger partial charge in [-0.25, -0.2) is 9.86 Å². The van der Waals surface area contributed by atoms with Crippen LogP contribution >= 0.6 is 0 Å². The van der Waals surface area contributed by atoms with Crippen molar-refractivity contribution in [2.24, 2.45) is 5.73 Å². The highest BCUT2D eigenvalue weighted by Crippen LogP contribution is 1.91. The predicted molar refractivity (Wildman–Crippen MR) is 41.0 cm³/mol. The number of nitrogens with zero attached hydrogens (tertiary/aromatic N) is 1. The van der Waals surface area contributed by atoms with Gasteiger partial charge in [0.15, 0.2) is 0 Å². The lowest BCUT2D eigenvalue weighted by Gasteiger charge is -2.18. The van der Waals surface area contributed by atoms with Crippen LogP contribution in [0.1, 0.15) is 6.92 Å². The Morgan fingerprint density at radius 1 is 1.75 bits per heavy atom. The zero-order valence-electron chi connectivity index (χ0n) is 6.93. The van der Waals surface area contributed by atoms with E-state index in [9.17, 15) is 4.79 Å². The second-order valence-electron chi connectivity index (χ2n) is 2.17. The minimum atomic E-state index is -0.988. The lowest BCUT2D eigenvalue weighted by molar-refractivity contribution is -0.142. The summed E-state index contributed by atoms with van der Waals surface area (Å²) in [4.78, 5) is 15.3. The maximum Gasteiger partial charge on any atom is 0.338 e. The standard InChI is InChI=1S/C6H14N2O4/c1-2-8(6(7)11)12-4-5(10)3-9/h5,9-10H,2-4H2,1H3,(H2,7,11). The predicted octanol–water partition coefficient (Wildman–Crippen LogP) is -1.33. The molecule has 0 saturated carbocycles. The third-order valence-corrected chi connectivity index (χ3v) is 1.17. The topological polar surface area (TPSA) is 96.0 Å². The van der Waals surface area contributed by atoms with Crippen LogP contribution in [0.4, 0.5) is 4.79 Å². The summed E-state index contributed by atoms with van der Waals surface area (Å²) in [6.07, 6.45) is -0.988. The van der Waals surface area contributed by atoms with Crippen LogP contribution in [0.2, 0.25) is 0 Å². The summed E-state index contributed by atoms with van der Waals surface area (Å²) in [6, 6.07) is -0.720. The summed E-state index contributed by atoms with van der Waals surface area (Å²) < 4.78 is 0. The van der Waals surface area contributed by atoms with Gasteiger partial charge < -0.3 is 15.9 Å². The fourth-order valence-electron chi connectivity index (χ4n) is 0.539. The third-order valence-electron chi connectivity index (χ3n) is 1.17. The molecule has 1 atom stereocenters. The Hall–Kier alpha value is -0.850. The first-order chi connectivity index (χ1) is 5.61. The molecule has 0 aromatic carbocycles. The van der Waals surface area contributed by atoms with Crippen molar-refractivity contribution in [2.45, 2.75) is 13.0 Å². The van der Waals surface area contributed by atoms with Gasteiger partial charge in [0.2, 0.25) is 0 Å². The number of carbonyl (C=O) groups excluding carboxylic acids is 1. The Balaban J connectivity index is 3.65. The normalized spacial score (nSPS) is 12.6. The van der Waals surface area contributed by atoms with Crippen LogP contribution in [-0.4, -0.2) is 47.2 Å². The van der Waals surface area contributed by atoms with Crippen LogP contribution in [0.5, 0.6) is 0 Å². The highest BCUT2D eigenvalue weighted by atomic mass is 16.7. The number of urea groups is 1. The molecule has 0 radical (unpaired) electrons. The summed E-state index contributed by atoms with van der Waals surface area (Å²) in [5.41, 5.74) is 4.89. The number of aliphatic hydroxyl groups excluding tert-OH is 2. The van der Waals surface area contributed by atoms with Crippen molar-refractivity contribution in [3.63, 3.8) is 0 Å². The maximum atomic E-state index is 10.5. The van der Waals surface area contributed by atoms with Crippen molar-refractivity contribution in [3.8, 4) is 0 Å². The smallest absolute Gasteiger partial charge is 0.338 e. The van der Waals surface area contributed by atoms with Gasteiger partial charge in [-0.2, -0.15) is 0 Å². The molecule has 1 unspecified atom stereocenters. The van der Waals surface area contributed by atoms with Crippen LogP contribution in [0.25, 0.3) is 0 Å². The molecule has 0 heterocycles. The van der Waals surface area contributed by atoms with E-state index in [2.05, 4.69) is 0 Å². The van der Waals surface area contributed by atoms with E-state index in [1.165, 1.54) is 0 Å². The molecule has 0 fully saturated rings. The fraction of sp³-hybridized carbons (Fsp3) is 0.833. The first kappa shape index (κ1) is 11.2. The highest BCUT2D eigenvalue weighted by Gasteiger charge is 2.10. The van der Waals surface area contributed by atoms with Crippen molar-refractivity contribution in [1.29, 1.82) is 0 Å². The lowest BCUT2D eigenvalue weighted by atomic mass is 10.4. The number of amides is 2. The van der Waals surface area contributed by atoms with E-state index in [0.717, 1.165) is 5.06 Å². The third kappa shape index (κ3) is 4.12. The summed E-state index contributed by atoms with van der Waals surface area (Å²) >= 11 is 0. The van der Waals surface area contributed by atoms with Gasteiger partial charge in [0.1, 0.15) is 12.7 Å². The van der Waals surface area contributed by atoms with Crippen molar-refractivity contribution >= 4 is 6.03 Å². The number of aliphatic hydroxyl groups is 2. The Morgan fingerprint density at radius 3 is 2.67 bits per heavy atom. The molecule has 2 amide bonds. The molecule has 72 valence electrons. The van der Waals surface area contributed by atoms with Gasteiger partial charge in [-0.15, -0.1) is 0 Å². The molecule has 6 nitrogen and oxygen atoms in total. The van der Waals surface area contributed by atoms with Crippen molar-refractivity contribution in [1.82, 2.24) is 5.06 Å². The molecule has 0 aromatic rings. The zero-order valence-corrected chi connectivity index (χ0v) is 6.93. The first-order valence-corrected chi connectivity index (χ1v) is 3.60. The molecule has 0 aliphatic heterocycles. The molecule has 4 N–H and O–H groups in total. The van der Waals surface area contributed by atoms with Crippen LogP contribution in [0.3, 0.4) is 0 Å². The number of carbonyl (C=O) groups is 1. The number of hydrogen-bond donors (Lipinski definition) is 3. The van der Waals surface area contributed by atoms with E-state index in [1.807, 2.05) is 0 Å². The summed E-state index contributed by atoms with van der Waals surface area (Å²) in [5, 5.41) is 18.1. The summed E-state index contributed by atoms with van der Waals surface area (Å²) in [5.74, 6) is 0. The highest BCUT2D eigenvalue weighted by molar-refractivity contribution is 5.70. The molecule has 0 aliphatic rings. The molecule has 0 aliphatic carbocycles. The maximum absolute atomic E-state index is 10.5. The molecule has 0 saturated heterocycles. The summed E-state index contributed by atoms with van der Waals surface area (Å²) in [6.45, 7) is 1.42. The molecule has 0 rings (SSSR count). The summed E-state index contributed by atoms with van der Waals surface area (Å²) in [7, 11) is 0. The second kappa shape index (κ2) is 5.76. The average molecular weight is 178 g/mol. The van der Waals surface area contributed by atoms with Crippen molar-refractivity contribution in [3.05, 3.63) is 0 Å². The number of primary amides is 1. The molecular formula is C6H14N2O4. The Labute approximate surface area is 70.5 Å². The van der Waals surface area contributed by atoms with Gasteiger partial charge in [-0.05, 0) is 6.92 Å². The number of hydroxylamine groups is 2. The Bertz CT molecular complexity index is 142. The minimum absolute atomic E-state index is 0.146. The average Bonchev–Trinajstić information content (AvgIpc) is 2.04. The van der Waals surface area contributed by atoms with E-state index in [-0.39, 0.29) is 6.61 Å². The van der Waals surface area contributed by atoms with Crippen LogP contribution in [0, 0.1) is 0 Å². The van der Waals surface area contributed by atoms with E-state index in [1.54, 1.807) is 6.92 Å². The number of rotatable bonds is 5. The van der Waals surface area contributed by atoms with E-state index in [0.29, 0.717) is 6.54 Å². The largest absolute Gasteiger partial charge is 0.394 e. The molecule has 0 aromatic heterocycles. The zero-order chi connectivity index (χ0) is 9.56. The minimum Gasteiger partial charge on any atom is -0.394 e. The Kier molecular flexibility index (Phi) is 5.35. The number of hydrogen-bond acceptors (Lipinski definition) is 4. The Morgan fingerprint density at radius 2 is 2.33 bits per heavy atom. The van der Waals surface area contributed by atoms with Gasteiger partial charge >= 0.3 is 6.03 Å². The van der Waals surface area contributed by atoms with Crippen LogP contribution < -0.4 is 5.73 Å². The van der Waals surface area contributed by atoms with E-state index >= 15 is 0 Å². The second-order valence-corrected chi connectivity index (χ2v) is 2.17. The van der Waals surface area contributed by atoms with Gasteiger partial charge in [0, 0.05) is 6.54 Å². The quantitative estimate of drug-likeness (QED) is 0.454. The molecule has 0 spiro atoms. The molecule has 0 bridgehead atoms. The molecule has 12 heavy (non-hydrogen) atoms. The van der Waals surface area contributed by atoms with Gasteiger partial charge in [-0.1, -0.05) is 0 Å². The van der Waals surface area contributed by atoms with Gasteiger partial charge in [0.05, 0.1) is 6.61 Å². The fourth-order valence-corrected chi connectivity index (χ4v) is 0.539. The first-order valence-electron chi connectivity index (χ1n) is 3.60. The van der Waals surface area contributed by atoms with Gasteiger partial charge in [-0.3, -0.25) is 4.84 Å². The number of nitrogens with two attached hydrogens (primary N) is 1. The molecular weight excluding hydrogens is 164 g/mol.